The highest BCUT2D eigenvalue weighted by Gasteiger charge is 2.00. The normalized spacial score (nSPS) is 10.6. The highest BCUT2D eigenvalue weighted by atomic mass is 79.9. The van der Waals surface area contributed by atoms with Crippen molar-refractivity contribution in [2.24, 2.45) is 0 Å². The highest BCUT2D eigenvalue weighted by molar-refractivity contribution is 9.11. The molecule has 1 rings (SSSR count). The molecule has 0 atom stereocenters. The van der Waals surface area contributed by atoms with E-state index in [0.29, 0.717) is 6.61 Å². The van der Waals surface area contributed by atoms with Gasteiger partial charge < -0.3 is 10.1 Å². The van der Waals surface area contributed by atoms with E-state index in [1.165, 1.54) is 25.7 Å². The fraction of sp³-hybridized carbons (Fsp3) is 0.571. The molecule has 2 nitrogen and oxygen atoms in total. The van der Waals surface area contributed by atoms with Crippen LogP contribution >= 0.6 is 31.9 Å². The molecule has 1 N–H and O–H groups in total. The second-order valence-electron chi connectivity index (χ2n) is 4.23. The molecule has 1 aromatic carbocycles. The number of halogens is 2. The van der Waals surface area contributed by atoms with Gasteiger partial charge in [0.2, 0.25) is 0 Å². The Morgan fingerprint density at radius 2 is 1.94 bits per heavy atom. The minimum absolute atomic E-state index is 0.702. The number of benzene rings is 1. The summed E-state index contributed by atoms with van der Waals surface area (Å²) in [6, 6.07) is 5.95. The molecule has 0 saturated carbocycles. The Morgan fingerprint density at radius 3 is 2.67 bits per heavy atom. The molecular formula is C14H21Br2NO. The summed E-state index contributed by atoms with van der Waals surface area (Å²) in [5.41, 5.74) is 0. The molecule has 18 heavy (non-hydrogen) atoms. The molecule has 4 heteroatoms. The standard InChI is InChI=1S/C14H21Br2NO/c1-2-3-4-5-8-17-9-10-18-14-7-6-12(15)11-13(14)16/h6-7,11,17H,2-5,8-10H2,1H3. The van der Waals surface area contributed by atoms with Crippen LogP contribution in [0.4, 0.5) is 0 Å². The van der Waals surface area contributed by atoms with E-state index in [9.17, 15) is 0 Å². The first-order chi connectivity index (χ1) is 8.74. The van der Waals surface area contributed by atoms with Crippen molar-refractivity contribution in [3.05, 3.63) is 27.1 Å². The van der Waals surface area contributed by atoms with Crippen LogP contribution in [0.1, 0.15) is 32.6 Å². The maximum absolute atomic E-state index is 5.69. The van der Waals surface area contributed by atoms with Gasteiger partial charge in [-0.25, -0.2) is 0 Å². The summed E-state index contributed by atoms with van der Waals surface area (Å²) in [5, 5.41) is 3.40. The minimum Gasteiger partial charge on any atom is -0.491 e. The second kappa shape index (κ2) is 9.82. The van der Waals surface area contributed by atoms with Crippen LogP contribution in [0.5, 0.6) is 5.75 Å². The fourth-order valence-corrected chi connectivity index (χ4v) is 2.79. The fourth-order valence-electron chi connectivity index (χ4n) is 1.63. The molecule has 0 aliphatic heterocycles. The van der Waals surface area contributed by atoms with E-state index in [2.05, 4.69) is 44.1 Å². The molecule has 0 aromatic heterocycles. The quantitative estimate of drug-likeness (QED) is 0.625. The molecule has 0 radical (unpaired) electrons. The van der Waals surface area contributed by atoms with Gasteiger partial charge in [-0.1, -0.05) is 42.1 Å². The maximum atomic E-state index is 5.69. The van der Waals surface area contributed by atoms with Crippen molar-refractivity contribution in [1.29, 1.82) is 0 Å². The Morgan fingerprint density at radius 1 is 1.11 bits per heavy atom. The van der Waals surface area contributed by atoms with E-state index >= 15 is 0 Å². The molecule has 0 heterocycles. The molecule has 102 valence electrons. The van der Waals surface area contributed by atoms with E-state index in [1.54, 1.807) is 0 Å². The predicted molar refractivity (Wildman–Crippen MR) is 84.3 cm³/mol. The first kappa shape index (κ1) is 16.0. The number of ether oxygens (including phenoxy) is 1. The second-order valence-corrected chi connectivity index (χ2v) is 6.00. The lowest BCUT2D eigenvalue weighted by Gasteiger charge is -2.09. The molecule has 0 aliphatic rings. The number of rotatable bonds is 9. The Bertz CT molecular complexity index is 345. The van der Waals surface area contributed by atoms with Crippen molar-refractivity contribution < 1.29 is 4.74 Å². The smallest absolute Gasteiger partial charge is 0.133 e. The predicted octanol–water partition coefficient (Wildman–Crippen LogP) is 4.76. The van der Waals surface area contributed by atoms with E-state index < -0.39 is 0 Å². The lowest BCUT2D eigenvalue weighted by atomic mass is 10.2. The van der Waals surface area contributed by atoms with Gasteiger partial charge in [0.15, 0.2) is 0 Å². The first-order valence-electron chi connectivity index (χ1n) is 6.52. The average Bonchev–Trinajstić information content (AvgIpc) is 2.35. The van der Waals surface area contributed by atoms with Crippen molar-refractivity contribution in [2.45, 2.75) is 32.6 Å². The minimum atomic E-state index is 0.702. The zero-order valence-corrected chi connectivity index (χ0v) is 14.0. The molecule has 0 saturated heterocycles. The summed E-state index contributed by atoms with van der Waals surface area (Å²) in [4.78, 5) is 0. The van der Waals surface area contributed by atoms with E-state index in [4.69, 9.17) is 4.74 Å². The van der Waals surface area contributed by atoms with Gasteiger partial charge in [0.05, 0.1) is 4.47 Å². The summed E-state index contributed by atoms with van der Waals surface area (Å²) in [6.45, 7) is 4.92. The lowest BCUT2D eigenvalue weighted by Crippen LogP contribution is -2.22. The van der Waals surface area contributed by atoms with Gasteiger partial charge in [-0.3, -0.25) is 0 Å². The molecule has 0 bridgehead atoms. The molecule has 0 spiro atoms. The third-order valence-electron chi connectivity index (χ3n) is 2.64. The van der Waals surface area contributed by atoms with Crippen LogP contribution in [-0.4, -0.2) is 19.7 Å². The maximum Gasteiger partial charge on any atom is 0.133 e. The van der Waals surface area contributed by atoms with Crippen LogP contribution < -0.4 is 10.1 Å². The largest absolute Gasteiger partial charge is 0.491 e. The summed E-state index contributed by atoms with van der Waals surface area (Å²) in [6.07, 6.45) is 5.21. The van der Waals surface area contributed by atoms with Crippen LogP contribution in [0.25, 0.3) is 0 Å². The molecule has 0 aliphatic carbocycles. The monoisotopic (exact) mass is 377 g/mol. The van der Waals surface area contributed by atoms with Crippen LogP contribution in [-0.2, 0) is 0 Å². The van der Waals surface area contributed by atoms with Crippen molar-refractivity contribution >= 4 is 31.9 Å². The van der Waals surface area contributed by atoms with Crippen LogP contribution in [0.3, 0.4) is 0 Å². The van der Waals surface area contributed by atoms with Crippen molar-refractivity contribution in [1.82, 2.24) is 5.32 Å². The summed E-state index contributed by atoms with van der Waals surface area (Å²) in [7, 11) is 0. The Labute approximate surface area is 127 Å². The first-order valence-corrected chi connectivity index (χ1v) is 8.11. The number of hydrogen-bond donors (Lipinski definition) is 1. The van der Waals surface area contributed by atoms with Crippen molar-refractivity contribution in [3.8, 4) is 5.75 Å². The Balaban J connectivity index is 2.07. The van der Waals surface area contributed by atoms with Gasteiger partial charge >= 0.3 is 0 Å². The summed E-state index contributed by atoms with van der Waals surface area (Å²) >= 11 is 6.90. The van der Waals surface area contributed by atoms with Crippen LogP contribution in [0, 0.1) is 0 Å². The Hall–Kier alpha value is -0.0600. The number of unbranched alkanes of at least 4 members (excludes halogenated alkanes) is 3. The van der Waals surface area contributed by atoms with Crippen LogP contribution in [0.15, 0.2) is 27.1 Å². The van der Waals surface area contributed by atoms with Gasteiger partial charge in [0.1, 0.15) is 12.4 Å². The van der Waals surface area contributed by atoms with Crippen LogP contribution in [0.2, 0.25) is 0 Å². The van der Waals surface area contributed by atoms with Gasteiger partial charge in [0.25, 0.3) is 0 Å². The van der Waals surface area contributed by atoms with Gasteiger partial charge in [-0.05, 0) is 47.1 Å². The van der Waals surface area contributed by atoms with Crippen molar-refractivity contribution in [3.63, 3.8) is 0 Å². The molecule has 0 amide bonds. The SMILES string of the molecule is CCCCCCNCCOc1ccc(Br)cc1Br. The third-order valence-corrected chi connectivity index (χ3v) is 3.75. The van der Waals surface area contributed by atoms with E-state index in [0.717, 1.165) is 27.8 Å². The topological polar surface area (TPSA) is 21.3 Å². The van der Waals surface area contributed by atoms with Gasteiger partial charge in [-0.15, -0.1) is 0 Å². The average molecular weight is 379 g/mol. The lowest BCUT2D eigenvalue weighted by molar-refractivity contribution is 0.311. The van der Waals surface area contributed by atoms with E-state index in [-0.39, 0.29) is 0 Å². The zero-order valence-electron chi connectivity index (χ0n) is 10.8. The summed E-state index contributed by atoms with van der Waals surface area (Å²) < 4.78 is 7.73. The highest BCUT2D eigenvalue weighted by Crippen LogP contribution is 2.27. The van der Waals surface area contributed by atoms with Gasteiger partial charge in [-0.2, -0.15) is 0 Å². The number of hydrogen-bond acceptors (Lipinski definition) is 2. The Kier molecular flexibility index (Phi) is 8.72. The molecule has 0 fully saturated rings. The third kappa shape index (κ3) is 6.76. The zero-order chi connectivity index (χ0) is 13.2. The molecule has 1 aromatic rings. The number of nitrogens with one attached hydrogen (secondary N) is 1. The molecule has 0 unspecified atom stereocenters. The van der Waals surface area contributed by atoms with Crippen molar-refractivity contribution in [2.75, 3.05) is 19.7 Å². The van der Waals surface area contributed by atoms with E-state index in [1.807, 2.05) is 18.2 Å². The summed E-state index contributed by atoms with van der Waals surface area (Å²) in [5.74, 6) is 0.894. The molecular weight excluding hydrogens is 358 g/mol. The van der Waals surface area contributed by atoms with Gasteiger partial charge in [0, 0.05) is 11.0 Å².